The van der Waals surface area contributed by atoms with Crippen LogP contribution >= 0.6 is 11.6 Å². The molecule has 0 aromatic heterocycles. The highest BCUT2D eigenvalue weighted by atomic mass is 35.5. The summed E-state index contributed by atoms with van der Waals surface area (Å²) in [6.45, 7) is 4.22. The predicted molar refractivity (Wildman–Crippen MR) is 101 cm³/mol. The van der Waals surface area contributed by atoms with Crippen LogP contribution in [0.25, 0.3) is 0 Å². The van der Waals surface area contributed by atoms with Gasteiger partial charge in [0.15, 0.2) is 0 Å². The maximum absolute atomic E-state index is 12.5. The topological polar surface area (TPSA) is 91.0 Å². The molecule has 4 amide bonds. The van der Waals surface area contributed by atoms with Gasteiger partial charge < -0.3 is 19.9 Å². The van der Waals surface area contributed by atoms with E-state index in [1.54, 1.807) is 25.0 Å². The van der Waals surface area contributed by atoms with Crippen molar-refractivity contribution in [3.05, 3.63) is 23.2 Å². The van der Waals surface area contributed by atoms with E-state index in [0.29, 0.717) is 37.0 Å². The number of anilines is 1. The Kier molecular flexibility index (Phi) is 5.46. The van der Waals surface area contributed by atoms with Crippen LogP contribution in [-0.4, -0.2) is 61.6 Å². The number of nitrogens with zero attached hydrogens (tertiary/aromatic N) is 2. The second-order valence-corrected chi connectivity index (χ2v) is 7.33. The summed E-state index contributed by atoms with van der Waals surface area (Å²) in [6, 6.07) is 5.11. The van der Waals surface area contributed by atoms with Crippen molar-refractivity contribution < 1.29 is 19.1 Å². The lowest BCUT2D eigenvalue weighted by atomic mass is 9.96. The van der Waals surface area contributed by atoms with E-state index in [4.69, 9.17) is 16.3 Å². The standard InChI is InChI=1S/C18H23ClN4O4/c1-18(16(25)20-17(26)21-18)6-5-15(24)23-9-7-22(8-10-23)12-3-4-13(19)14(11-12)27-2/h3-4,11H,5-10H2,1-2H3,(H2,20,21,25,26)/t18-/m0/s1. The van der Waals surface area contributed by atoms with E-state index < -0.39 is 11.6 Å². The minimum absolute atomic E-state index is 0.0153. The van der Waals surface area contributed by atoms with Crippen LogP contribution in [0.2, 0.25) is 5.02 Å². The summed E-state index contributed by atoms with van der Waals surface area (Å²) in [6.07, 6.45) is 0.483. The van der Waals surface area contributed by atoms with Crippen LogP contribution in [0.4, 0.5) is 10.5 Å². The molecule has 2 N–H and O–H groups in total. The zero-order valence-electron chi connectivity index (χ0n) is 15.4. The monoisotopic (exact) mass is 394 g/mol. The van der Waals surface area contributed by atoms with Crippen molar-refractivity contribution in [3.63, 3.8) is 0 Å². The normalized spacial score (nSPS) is 22.5. The highest BCUT2D eigenvalue weighted by molar-refractivity contribution is 6.32. The molecule has 0 spiro atoms. The first-order valence-corrected chi connectivity index (χ1v) is 9.20. The SMILES string of the molecule is COc1cc(N2CCN(C(=O)CC[C@]3(C)NC(=O)NC3=O)CC2)ccc1Cl. The van der Waals surface area contributed by atoms with Crippen LogP contribution in [0.3, 0.4) is 0 Å². The molecule has 0 aliphatic carbocycles. The summed E-state index contributed by atoms with van der Waals surface area (Å²) in [5.74, 6) is 0.220. The number of halogens is 1. The van der Waals surface area contributed by atoms with Gasteiger partial charge in [-0.1, -0.05) is 11.6 Å². The van der Waals surface area contributed by atoms with Gasteiger partial charge >= 0.3 is 6.03 Å². The number of carbonyl (C=O) groups excluding carboxylic acids is 3. The maximum Gasteiger partial charge on any atom is 0.322 e. The van der Waals surface area contributed by atoms with E-state index >= 15 is 0 Å². The number of amides is 4. The van der Waals surface area contributed by atoms with Crippen LogP contribution in [0.1, 0.15) is 19.8 Å². The van der Waals surface area contributed by atoms with E-state index in [-0.39, 0.29) is 24.7 Å². The average molecular weight is 395 g/mol. The molecule has 146 valence electrons. The Labute approximate surface area is 162 Å². The lowest BCUT2D eigenvalue weighted by Gasteiger charge is -2.36. The number of piperazine rings is 1. The molecule has 3 rings (SSSR count). The van der Waals surface area contributed by atoms with Gasteiger partial charge in [0.25, 0.3) is 5.91 Å². The van der Waals surface area contributed by atoms with E-state index in [2.05, 4.69) is 15.5 Å². The second kappa shape index (κ2) is 7.64. The molecule has 1 aromatic carbocycles. The molecule has 2 saturated heterocycles. The Morgan fingerprint density at radius 3 is 2.56 bits per heavy atom. The predicted octanol–water partition coefficient (Wildman–Crippen LogP) is 1.38. The van der Waals surface area contributed by atoms with Gasteiger partial charge in [0, 0.05) is 44.4 Å². The number of benzene rings is 1. The summed E-state index contributed by atoms with van der Waals surface area (Å²) in [4.78, 5) is 39.6. The van der Waals surface area contributed by atoms with Gasteiger partial charge in [-0.15, -0.1) is 0 Å². The first-order chi connectivity index (χ1) is 12.8. The minimum atomic E-state index is -1.02. The molecule has 2 fully saturated rings. The van der Waals surface area contributed by atoms with Gasteiger partial charge in [0.2, 0.25) is 5.91 Å². The van der Waals surface area contributed by atoms with Gasteiger partial charge in [-0.2, -0.15) is 0 Å². The summed E-state index contributed by atoms with van der Waals surface area (Å²) >= 11 is 6.07. The van der Waals surface area contributed by atoms with Gasteiger partial charge in [-0.05, 0) is 25.5 Å². The zero-order chi connectivity index (χ0) is 19.6. The molecular weight excluding hydrogens is 372 g/mol. The lowest BCUT2D eigenvalue weighted by Crippen LogP contribution is -2.50. The number of rotatable bonds is 5. The molecule has 9 heteroatoms. The highest BCUT2D eigenvalue weighted by Gasteiger charge is 2.42. The molecule has 0 radical (unpaired) electrons. The van der Waals surface area contributed by atoms with Crippen molar-refractivity contribution in [1.29, 1.82) is 0 Å². The molecule has 1 aromatic rings. The highest BCUT2D eigenvalue weighted by Crippen LogP contribution is 2.30. The Morgan fingerprint density at radius 1 is 1.26 bits per heavy atom. The largest absolute Gasteiger partial charge is 0.495 e. The summed E-state index contributed by atoms with van der Waals surface area (Å²) in [5.41, 5.74) is -0.0183. The van der Waals surface area contributed by atoms with Crippen molar-refractivity contribution in [2.24, 2.45) is 0 Å². The molecule has 0 saturated carbocycles. The molecule has 8 nitrogen and oxygen atoms in total. The van der Waals surface area contributed by atoms with Crippen molar-refractivity contribution in [3.8, 4) is 5.75 Å². The third-order valence-corrected chi connectivity index (χ3v) is 5.40. The number of ether oxygens (including phenoxy) is 1. The number of hydrogen-bond donors (Lipinski definition) is 2. The molecule has 2 aliphatic heterocycles. The van der Waals surface area contributed by atoms with Gasteiger partial charge in [-0.3, -0.25) is 14.9 Å². The quantitative estimate of drug-likeness (QED) is 0.736. The molecule has 0 bridgehead atoms. The lowest BCUT2D eigenvalue weighted by molar-refractivity contribution is -0.132. The fourth-order valence-electron chi connectivity index (χ4n) is 3.33. The van der Waals surface area contributed by atoms with Crippen LogP contribution in [0.15, 0.2) is 18.2 Å². The van der Waals surface area contributed by atoms with E-state index in [9.17, 15) is 14.4 Å². The fraction of sp³-hybridized carbons (Fsp3) is 0.500. The van der Waals surface area contributed by atoms with Gasteiger partial charge in [0.05, 0.1) is 12.1 Å². The Hall–Kier alpha value is -2.48. The number of imide groups is 1. The first-order valence-electron chi connectivity index (χ1n) is 8.82. The van der Waals surface area contributed by atoms with Crippen molar-refractivity contribution >= 4 is 35.1 Å². The van der Waals surface area contributed by atoms with Gasteiger partial charge in [0.1, 0.15) is 11.3 Å². The average Bonchev–Trinajstić information content (AvgIpc) is 2.92. The van der Waals surface area contributed by atoms with E-state index in [1.807, 2.05) is 12.1 Å². The smallest absolute Gasteiger partial charge is 0.322 e. The van der Waals surface area contributed by atoms with Crippen LogP contribution in [-0.2, 0) is 9.59 Å². The van der Waals surface area contributed by atoms with Gasteiger partial charge in [-0.25, -0.2) is 4.79 Å². The van der Waals surface area contributed by atoms with Crippen molar-refractivity contribution in [2.45, 2.75) is 25.3 Å². The number of hydrogen-bond acceptors (Lipinski definition) is 5. The van der Waals surface area contributed by atoms with Crippen LogP contribution in [0, 0.1) is 0 Å². The zero-order valence-corrected chi connectivity index (χ0v) is 16.1. The molecule has 27 heavy (non-hydrogen) atoms. The summed E-state index contributed by atoms with van der Waals surface area (Å²) in [7, 11) is 1.58. The third kappa shape index (κ3) is 4.10. The van der Waals surface area contributed by atoms with Crippen LogP contribution < -0.4 is 20.3 Å². The van der Waals surface area contributed by atoms with E-state index in [1.165, 1.54) is 0 Å². The number of carbonyl (C=O) groups is 3. The molecule has 1 atom stereocenters. The van der Waals surface area contributed by atoms with Crippen LogP contribution in [0.5, 0.6) is 5.75 Å². The summed E-state index contributed by atoms with van der Waals surface area (Å²) in [5, 5.41) is 5.35. The number of urea groups is 1. The maximum atomic E-state index is 12.5. The summed E-state index contributed by atoms with van der Waals surface area (Å²) < 4.78 is 5.26. The Bertz CT molecular complexity index is 764. The Morgan fingerprint density at radius 2 is 1.96 bits per heavy atom. The molecule has 0 unspecified atom stereocenters. The van der Waals surface area contributed by atoms with E-state index in [0.717, 1.165) is 5.69 Å². The molecule has 2 aliphatic rings. The first kappa shape index (κ1) is 19.3. The second-order valence-electron chi connectivity index (χ2n) is 6.93. The number of nitrogens with one attached hydrogen (secondary N) is 2. The van der Waals surface area contributed by atoms with Crippen molar-refractivity contribution in [1.82, 2.24) is 15.5 Å². The third-order valence-electron chi connectivity index (χ3n) is 5.09. The minimum Gasteiger partial charge on any atom is -0.495 e. The fourth-order valence-corrected chi connectivity index (χ4v) is 3.52. The molecule has 2 heterocycles. The Balaban J connectivity index is 1.52. The number of methoxy groups -OCH3 is 1. The van der Waals surface area contributed by atoms with Crippen molar-refractivity contribution in [2.75, 3.05) is 38.2 Å². The molecular formula is C18H23ClN4O4.